The van der Waals surface area contributed by atoms with Crippen LogP contribution in [-0.2, 0) is 0 Å². The first-order valence-corrected chi connectivity index (χ1v) is 7.33. The molecule has 20 heavy (non-hydrogen) atoms. The third-order valence-electron chi connectivity index (χ3n) is 4.42. The van der Waals surface area contributed by atoms with E-state index in [1.54, 1.807) is 6.92 Å². The van der Waals surface area contributed by atoms with Crippen LogP contribution in [0.15, 0.2) is 18.2 Å². The number of nitrogen functional groups attached to an aromatic ring is 1. The fraction of sp³-hybridized carbons (Fsp3) is 0.562. The summed E-state index contributed by atoms with van der Waals surface area (Å²) >= 11 is 0. The Hall–Kier alpha value is -1.55. The van der Waals surface area contributed by atoms with Crippen molar-refractivity contribution in [2.24, 2.45) is 5.41 Å². The summed E-state index contributed by atoms with van der Waals surface area (Å²) in [7, 11) is 0. The molecule has 3 rings (SSSR count). The van der Waals surface area contributed by atoms with Gasteiger partial charge in [-0.15, -0.1) is 0 Å². The second-order valence-corrected chi connectivity index (χ2v) is 6.82. The summed E-state index contributed by atoms with van der Waals surface area (Å²) < 4.78 is 2.23. The molecule has 4 nitrogen and oxygen atoms in total. The van der Waals surface area contributed by atoms with Crippen molar-refractivity contribution in [1.29, 1.82) is 0 Å². The molecule has 4 heteroatoms. The van der Waals surface area contributed by atoms with E-state index in [4.69, 9.17) is 5.73 Å². The van der Waals surface area contributed by atoms with Gasteiger partial charge in [0.15, 0.2) is 0 Å². The predicted octanol–water partition coefficient (Wildman–Crippen LogP) is 3.42. The first-order chi connectivity index (χ1) is 9.37. The summed E-state index contributed by atoms with van der Waals surface area (Å²) in [6.45, 7) is 6.40. The van der Waals surface area contributed by atoms with Gasteiger partial charge in [0.25, 0.3) is 0 Å². The lowest BCUT2D eigenvalue weighted by atomic mass is 9.92. The van der Waals surface area contributed by atoms with Crippen molar-refractivity contribution in [2.45, 2.75) is 52.2 Å². The Balaban J connectivity index is 2.15. The molecule has 0 amide bonds. The van der Waals surface area contributed by atoms with Gasteiger partial charge in [-0.2, -0.15) is 0 Å². The molecule has 3 N–H and O–H groups in total. The van der Waals surface area contributed by atoms with E-state index in [2.05, 4.69) is 23.4 Å². The average molecular weight is 273 g/mol. The quantitative estimate of drug-likeness (QED) is 0.824. The van der Waals surface area contributed by atoms with Gasteiger partial charge in [0.2, 0.25) is 0 Å². The molecule has 0 spiro atoms. The molecule has 0 aliphatic heterocycles. The maximum Gasteiger partial charge on any atom is 0.138 e. The molecule has 1 aliphatic carbocycles. The smallest absolute Gasteiger partial charge is 0.138 e. The van der Waals surface area contributed by atoms with E-state index < -0.39 is 6.10 Å². The molecular weight excluding hydrogens is 250 g/mol. The van der Waals surface area contributed by atoms with Crippen molar-refractivity contribution in [1.82, 2.24) is 9.55 Å². The number of aliphatic hydroxyl groups excluding tert-OH is 1. The summed E-state index contributed by atoms with van der Waals surface area (Å²) in [5.74, 6) is 0.758. The van der Waals surface area contributed by atoms with Crippen molar-refractivity contribution in [2.75, 3.05) is 5.73 Å². The molecule has 2 atom stereocenters. The zero-order chi connectivity index (χ0) is 14.5. The molecule has 1 fully saturated rings. The van der Waals surface area contributed by atoms with Gasteiger partial charge in [-0.3, -0.25) is 0 Å². The summed E-state index contributed by atoms with van der Waals surface area (Å²) in [5, 5.41) is 10.1. The maximum absolute atomic E-state index is 10.1. The topological polar surface area (TPSA) is 64.1 Å². The Kier molecular flexibility index (Phi) is 3.01. The maximum atomic E-state index is 10.1. The molecule has 1 aliphatic rings. The lowest BCUT2D eigenvalue weighted by molar-refractivity contribution is 0.180. The summed E-state index contributed by atoms with van der Waals surface area (Å²) in [6, 6.07) is 6.24. The van der Waals surface area contributed by atoms with Gasteiger partial charge in [-0.25, -0.2) is 4.98 Å². The molecule has 0 saturated heterocycles. The second-order valence-electron chi connectivity index (χ2n) is 6.82. The standard InChI is InChI=1S/C16H23N3O/c1-10(20)15-18-13-8-11(17)4-5-14(13)19(15)12-6-7-16(2,3)9-12/h4-5,8,10,12,20H,6-7,9,17H2,1-3H3. The third-order valence-corrected chi connectivity index (χ3v) is 4.42. The SMILES string of the molecule is CC(O)c1nc2cc(N)ccc2n1C1CCC(C)(C)C1. The Bertz CT molecular complexity index is 642. The van der Waals surface area contributed by atoms with Crippen LogP contribution in [-0.4, -0.2) is 14.7 Å². The number of hydrogen-bond donors (Lipinski definition) is 2. The number of nitrogens with two attached hydrogens (primary N) is 1. The van der Waals surface area contributed by atoms with Crippen LogP contribution >= 0.6 is 0 Å². The third kappa shape index (κ3) is 2.18. The largest absolute Gasteiger partial charge is 0.399 e. The van der Waals surface area contributed by atoms with Gasteiger partial charge < -0.3 is 15.4 Å². The fourth-order valence-corrected chi connectivity index (χ4v) is 3.43. The molecule has 0 bridgehead atoms. The first-order valence-electron chi connectivity index (χ1n) is 7.33. The normalized spacial score (nSPS) is 23.3. The van der Waals surface area contributed by atoms with Gasteiger partial charge >= 0.3 is 0 Å². The summed E-state index contributed by atoms with van der Waals surface area (Å²) in [4.78, 5) is 4.60. The van der Waals surface area contributed by atoms with Gasteiger partial charge in [-0.05, 0) is 49.8 Å². The number of benzene rings is 1. The van der Waals surface area contributed by atoms with Crippen molar-refractivity contribution < 1.29 is 5.11 Å². The van der Waals surface area contributed by atoms with Crippen LogP contribution in [0.3, 0.4) is 0 Å². The number of imidazole rings is 1. The Labute approximate surface area is 119 Å². The van der Waals surface area contributed by atoms with Crippen molar-refractivity contribution >= 4 is 16.7 Å². The minimum Gasteiger partial charge on any atom is -0.399 e. The zero-order valence-corrected chi connectivity index (χ0v) is 12.4. The van der Waals surface area contributed by atoms with Gasteiger partial charge in [0.05, 0.1) is 11.0 Å². The first kappa shape index (κ1) is 13.4. The highest BCUT2D eigenvalue weighted by molar-refractivity contribution is 5.80. The zero-order valence-electron chi connectivity index (χ0n) is 12.4. The molecule has 108 valence electrons. The van der Waals surface area contributed by atoms with Crippen molar-refractivity contribution in [3.63, 3.8) is 0 Å². The lowest BCUT2D eigenvalue weighted by Crippen LogP contribution is -2.13. The average Bonchev–Trinajstić information content (AvgIpc) is 2.88. The van der Waals surface area contributed by atoms with E-state index >= 15 is 0 Å². The van der Waals surface area contributed by atoms with Crippen LogP contribution in [0.2, 0.25) is 0 Å². The molecule has 0 radical (unpaired) electrons. The number of aromatic nitrogens is 2. The van der Waals surface area contributed by atoms with Crippen LogP contribution in [0.25, 0.3) is 11.0 Å². The minimum atomic E-state index is -0.563. The molecule has 1 heterocycles. The van der Waals surface area contributed by atoms with E-state index in [1.807, 2.05) is 18.2 Å². The Morgan fingerprint density at radius 2 is 2.20 bits per heavy atom. The molecule has 1 saturated carbocycles. The minimum absolute atomic E-state index is 0.366. The van der Waals surface area contributed by atoms with E-state index in [0.717, 1.165) is 29.7 Å². The number of hydrogen-bond acceptors (Lipinski definition) is 3. The van der Waals surface area contributed by atoms with E-state index in [0.29, 0.717) is 17.1 Å². The van der Waals surface area contributed by atoms with Crippen LogP contribution < -0.4 is 5.73 Å². The number of anilines is 1. The van der Waals surface area contributed by atoms with Crippen molar-refractivity contribution in [3.8, 4) is 0 Å². The fourth-order valence-electron chi connectivity index (χ4n) is 3.43. The molecular formula is C16H23N3O. The van der Waals surface area contributed by atoms with Crippen molar-refractivity contribution in [3.05, 3.63) is 24.0 Å². The lowest BCUT2D eigenvalue weighted by Gasteiger charge is -2.21. The van der Waals surface area contributed by atoms with E-state index in [9.17, 15) is 5.11 Å². The highest BCUT2D eigenvalue weighted by Crippen LogP contribution is 2.45. The van der Waals surface area contributed by atoms with Crippen LogP contribution in [0, 0.1) is 5.41 Å². The van der Waals surface area contributed by atoms with Crippen LogP contribution in [0.5, 0.6) is 0 Å². The highest BCUT2D eigenvalue weighted by atomic mass is 16.3. The Morgan fingerprint density at radius 3 is 2.80 bits per heavy atom. The van der Waals surface area contributed by atoms with Gasteiger partial charge in [-0.1, -0.05) is 13.8 Å². The van der Waals surface area contributed by atoms with E-state index in [-0.39, 0.29) is 0 Å². The van der Waals surface area contributed by atoms with Gasteiger partial charge in [0.1, 0.15) is 11.9 Å². The molecule has 2 aromatic rings. The van der Waals surface area contributed by atoms with Crippen LogP contribution in [0.1, 0.15) is 58.0 Å². The molecule has 2 unspecified atom stereocenters. The highest BCUT2D eigenvalue weighted by Gasteiger charge is 2.34. The number of fused-ring (bicyclic) bond motifs is 1. The monoisotopic (exact) mass is 273 g/mol. The number of nitrogens with zero attached hydrogens (tertiary/aromatic N) is 2. The Morgan fingerprint density at radius 1 is 1.45 bits per heavy atom. The number of rotatable bonds is 2. The van der Waals surface area contributed by atoms with Gasteiger partial charge in [0, 0.05) is 11.7 Å². The predicted molar refractivity (Wildman–Crippen MR) is 81.4 cm³/mol. The number of aliphatic hydroxyl groups is 1. The summed E-state index contributed by atoms with van der Waals surface area (Å²) in [5.41, 5.74) is 8.89. The summed E-state index contributed by atoms with van der Waals surface area (Å²) in [6.07, 6.45) is 2.92. The molecule has 1 aromatic carbocycles. The molecule has 1 aromatic heterocycles. The second kappa shape index (κ2) is 4.48. The van der Waals surface area contributed by atoms with Crippen LogP contribution in [0.4, 0.5) is 5.69 Å². The van der Waals surface area contributed by atoms with E-state index in [1.165, 1.54) is 6.42 Å².